The van der Waals surface area contributed by atoms with Crippen LogP contribution in [-0.2, 0) is 19.1 Å². The molecule has 0 aliphatic carbocycles. The molecular formula is C24H23N5O6. The molecule has 35 heavy (non-hydrogen) atoms. The second-order valence-electron chi connectivity index (χ2n) is 7.16. The maximum atomic E-state index is 13.3. The number of hydrogen-bond donors (Lipinski definition) is 2. The summed E-state index contributed by atoms with van der Waals surface area (Å²) in [4.78, 5) is 58.2. The first kappa shape index (κ1) is 25.0. The van der Waals surface area contributed by atoms with Gasteiger partial charge in [0.1, 0.15) is 11.6 Å². The number of benzene rings is 2. The van der Waals surface area contributed by atoms with Gasteiger partial charge in [-0.3, -0.25) is 19.4 Å². The fourth-order valence-corrected chi connectivity index (χ4v) is 3.09. The van der Waals surface area contributed by atoms with Crippen LogP contribution in [0, 0.1) is 0 Å². The lowest BCUT2D eigenvalue weighted by atomic mass is 9.98. The number of ketones is 1. The van der Waals surface area contributed by atoms with E-state index in [0.29, 0.717) is 22.3 Å². The Balaban J connectivity index is 2.05. The number of aromatic nitrogens is 2. The van der Waals surface area contributed by atoms with Crippen molar-refractivity contribution in [3.63, 3.8) is 0 Å². The number of ether oxygens (including phenoxy) is 2. The highest BCUT2D eigenvalue weighted by molar-refractivity contribution is 6.48. The predicted molar refractivity (Wildman–Crippen MR) is 127 cm³/mol. The molecule has 1 aromatic heterocycles. The van der Waals surface area contributed by atoms with E-state index in [1.165, 1.54) is 25.3 Å². The largest absolute Gasteiger partial charge is 0.465 e. The van der Waals surface area contributed by atoms with Crippen molar-refractivity contribution >= 4 is 46.2 Å². The molecule has 0 fully saturated rings. The molecule has 0 aliphatic heterocycles. The Hall–Kier alpha value is -4.67. The normalized spacial score (nSPS) is 11.9. The number of para-hydroxylation sites is 2. The van der Waals surface area contributed by atoms with Crippen LogP contribution in [0.1, 0.15) is 35.8 Å². The third-order valence-electron chi connectivity index (χ3n) is 4.79. The van der Waals surface area contributed by atoms with Gasteiger partial charge < -0.3 is 14.8 Å². The second kappa shape index (κ2) is 11.5. The number of hydrogen-bond acceptors (Lipinski definition) is 9. The van der Waals surface area contributed by atoms with E-state index in [2.05, 4.69) is 30.5 Å². The molecule has 0 unspecified atom stereocenters. The first-order chi connectivity index (χ1) is 16.8. The van der Waals surface area contributed by atoms with Crippen LogP contribution in [0.15, 0.2) is 59.8 Å². The van der Waals surface area contributed by atoms with E-state index in [-0.39, 0.29) is 18.1 Å². The van der Waals surface area contributed by atoms with Crippen molar-refractivity contribution in [2.24, 2.45) is 5.10 Å². The molecule has 2 aromatic carbocycles. The SMILES string of the molecule is CCOC(=O)[C@H](/C(=N/NC(=O)OC)C(=O)Nc1ccc(C(C)=O)cc1)c1cnc2ccccc2n1. The van der Waals surface area contributed by atoms with Gasteiger partial charge in [0, 0.05) is 11.3 Å². The molecule has 180 valence electrons. The van der Waals surface area contributed by atoms with E-state index in [0.717, 1.165) is 7.11 Å². The minimum absolute atomic E-state index is 0.0299. The maximum Gasteiger partial charge on any atom is 0.427 e. The molecule has 3 rings (SSSR count). The number of carbonyl (C=O) groups is 4. The molecule has 1 atom stereocenters. The fraction of sp³-hybridized carbons (Fsp3) is 0.208. The lowest BCUT2D eigenvalue weighted by Crippen LogP contribution is -2.36. The van der Waals surface area contributed by atoms with E-state index in [9.17, 15) is 19.2 Å². The van der Waals surface area contributed by atoms with Gasteiger partial charge in [0.15, 0.2) is 5.78 Å². The van der Waals surface area contributed by atoms with Gasteiger partial charge in [-0.1, -0.05) is 12.1 Å². The van der Waals surface area contributed by atoms with Crippen LogP contribution < -0.4 is 10.7 Å². The van der Waals surface area contributed by atoms with Crippen molar-refractivity contribution in [2.45, 2.75) is 19.8 Å². The molecule has 0 aliphatic rings. The van der Waals surface area contributed by atoms with Gasteiger partial charge in [-0.2, -0.15) is 5.10 Å². The number of methoxy groups -OCH3 is 1. The molecular weight excluding hydrogens is 454 g/mol. The van der Waals surface area contributed by atoms with E-state index in [1.807, 2.05) is 0 Å². The first-order valence-electron chi connectivity index (χ1n) is 10.6. The number of esters is 1. The fourth-order valence-electron chi connectivity index (χ4n) is 3.09. The zero-order chi connectivity index (χ0) is 25.4. The predicted octanol–water partition coefficient (Wildman–Crippen LogP) is 2.83. The van der Waals surface area contributed by atoms with Crippen LogP contribution in [0.3, 0.4) is 0 Å². The number of rotatable bonds is 8. The number of nitrogens with one attached hydrogen (secondary N) is 2. The molecule has 0 radical (unpaired) electrons. The molecule has 2 N–H and O–H groups in total. The Morgan fingerprint density at radius 1 is 1.03 bits per heavy atom. The van der Waals surface area contributed by atoms with Crippen LogP contribution in [0.2, 0.25) is 0 Å². The monoisotopic (exact) mass is 477 g/mol. The van der Waals surface area contributed by atoms with Crippen LogP contribution in [0.4, 0.5) is 10.5 Å². The summed E-state index contributed by atoms with van der Waals surface area (Å²) in [7, 11) is 1.12. The summed E-state index contributed by atoms with van der Waals surface area (Å²) in [6.45, 7) is 3.06. The second-order valence-corrected chi connectivity index (χ2v) is 7.16. The van der Waals surface area contributed by atoms with Crippen LogP contribution in [-0.4, -0.2) is 53.1 Å². The van der Waals surface area contributed by atoms with Gasteiger partial charge >= 0.3 is 12.1 Å². The van der Waals surface area contributed by atoms with Crippen molar-refractivity contribution < 1.29 is 28.7 Å². The molecule has 1 heterocycles. The number of amides is 2. The zero-order valence-corrected chi connectivity index (χ0v) is 19.3. The van der Waals surface area contributed by atoms with Crippen molar-refractivity contribution in [1.29, 1.82) is 0 Å². The third-order valence-corrected chi connectivity index (χ3v) is 4.79. The Bertz CT molecular complexity index is 1290. The summed E-state index contributed by atoms with van der Waals surface area (Å²) in [5.41, 5.74) is 3.62. The van der Waals surface area contributed by atoms with Crippen LogP contribution in [0.5, 0.6) is 0 Å². The highest BCUT2D eigenvalue weighted by Crippen LogP contribution is 2.21. The number of hydrazone groups is 1. The topological polar surface area (TPSA) is 149 Å². The number of nitrogens with zero attached hydrogens (tertiary/aromatic N) is 3. The average molecular weight is 477 g/mol. The van der Waals surface area contributed by atoms with E-state index in [1.54, 1.807) is 43.3 Å². The van der Waals surface area contributed by atoms with Gasteiger partial charge in [-0.25, -0.2) is 15.2 Å². The molecule has 0 bridgehead atoms. The lowest BCUT2D eigenvalue weighted by molar-refractivity contribution is -0.143. The standard InChI is InChI=1S/C24H23N5O6/c1-4-35-23(32)20(19-13-25-17-7-5-6-8-18(17)27-19)21(28-29-24(33)34-3)22(31)26-16-11-9-15(10-12-16)14(2)30/h5-13,20H,4H2,1-3H3,(H,26,31)(H,29,33)/b28-21-/t20-/m0/s1. The Morgan fingerprint density at radius 2 is 1.71 bits per heavy atom. The maximum absolute atomic E-state index is 13.3. The highest BCUT2D eigenvalue weighted by atomic mass is 16.5. The summed E-state index contributed by atoms with van der Waals surface area (Å²) in [5.74, 6) is -3.18. The van der Waals surface area contributed by atoms with E-state index in [4.69, 9.17) is 4.74 Å². The van der Waals surface area contributed by atoms with Crippen molar-refractivity contribution in [2.75, 3.05) is 19.0 Å². The molecule has 0 spiro atoms. The molecule has 11 heteroatoms. The zero-order valence-electron chi connectivity index (χ0n) is 19.3. The summed E-state index contributed by atoms with van der Waals surface area (Å²) in [6, 6.07) is 13.1. The minimum Gasteiger partial charge on any atom is -0.465 e. The molecule has 11 nitrogen and oxygen atoms in total. The van der Waals surface area contributed by atoms with Gasteiger partial charge in [0.05, 0.1) is 36.6 Å². The summed E-state index contributed by atoms with van der Waals surface area (Å²) in [5, 5.41) is 6.46. The summed E-state index contributed by atoms with van der Waals surface area (Å²) >= 11 is 0. The van der Waals surface area contributed by atoms with E-state index < -0.39 is 29.6 Å². The number of anilines is 1. The smallest absolute Gasteiger partial charge is 0.427 e. The average Bonchev–Trinajstić information content (AvgIpc) is 2.86. The third kappa shape index (κ3) is 6.22. The van der Waals surface area contributed by atoms with Gasteiger partial charge in [0.2, 0.25) is 0 Å². The van der Waals surface area contributed by atoms with Gasteiger partial charge in [-0.15, -0.1) is 0 Å². The van der Waals surface area contributed by atoms with Gasteiger partial charge in [0.25, 0.3) is 5.91 Å². The molecule has 0 saturated carbocycles. The molecule has 0 saturated heterocycles. The Morgan fingerprint density at radius 3 is 2.34 bits per heavy atom. The first-order valence-corrected chi connectivity index (χ1v) is 10.6. The minimum atomic E-state index is -1.42. The number of fused-ring (bicyclic) bond motifs is 1. The van der Waals surface area contributed by atoms with E-state index >= 15 is 0 Å². The van der Waals surface area contributed by atoms with Gasteiger partial charge in [-0.05, 0) is 50.2 Å². The Kier molecular flexibility index (Phi) is 8.17. The van der Waals surface area contributed by atoms with Crippen molar-refractivity contribution in [1.82, 2.24) is 15.4 Å². The quantitative estimate of drug-likeness (QED) is 0.218. The number of Topliss-reactive ketones (excluding diaryl/α,β-unsaturated/α-hetero) is 1. The summed E-state index contributed by atoms with van der Waals surface area (Å²) in [6.07, 6.45) is 0.389. The molecule has 3 aromatic rings. The van der Waals surface area contributed by atoms with Crippen molar-refractivity contribution in [3.05, 3.63) is 66.0 Å². The van der Waals surface area contributed by atoms with Crippen LogP contribution >= 0.6 is 0 Å². The lowest BCUT2D eigenvalue weighted by Gasteiger charge is -2.17. The highest BCUT2D eigenvalue weighted by Gasteiger charge is 2.35. The summed E-state index contributed by atoms with van der Waals surface area (Å²) < 4.78 is 9.70. The molecule has 2 amide bonds. The Labute approximate surface area is 200 Å². The van der Waals surface area contributed by atoms with Crippen molar-refractivity contribution in [3.8, 4) is 0 Å². The number of carbonyl (C=O) groups excluding carboxylic acids is 4. The van der Waals surface area contributed by atoms with Crippen LogP contribution in [0.25, 0.3) is 11.0 Å².